The van der Waals surface area contributed by atoms with E-state index in [9.17, 15) is 4.79 Å². The molecule has 1 amide bonds. The number of hydrogen-bond acceptors (Lipinski definition) is 4. The monoisotopic (exact) mass is 370 g/mol. The summed E-state index contributed by atoms with van der Waals surface area (Å²) in [7, 11) is 1.70. The fraction of sp³-hybridized carbons (Fsp3) is 0.381. The van der Waals surface area contributed by atoms with Crippen molar-refractivity contribution in [3.8, 4) is 5.75 Å². The molecule has 4 nitrogen and oxygen atoms in total. The number of piperazine rings is 1. The van der Waals surface area contributed by atoms with Crippen molar-refractivity contribution >= 4 is 23.4 Å². The predicted molar refractivity (Wildman–Crippen MR) is 108 cm³/mol. The van der Waals surface area contributed by atoms with Crippen molar-refractivity contribution < 1.29 is 9.53 Å². The maximum atomic E-state index is 12.6. The number of amides is 1. The molecule has 0 spiro atoms. The van der Waals surface area contributed by atoms with Gasteiger partial charge in [-0.05, 0) is 49.2 Å². The maximum Gasteiger partial charge on any atom is 0.233 e. The summed E-state index contributed by atoms with van der Waals surface area (Å²) in [6.45, 7) is 7.36. The van der Waals surface area contributed by atoms with E-state index in [0.717, 1.165) is 37.6 Å². The lowest BCUT2D eigenvalue weighted by atomic mass is 10.2. The molecule has 0 saturated carbocycles. The van der Waals surface area contributed by atoms with E-state index in [2.05, 4.69) is 43.0 Å². The highest BCUT2D eigenvalue weighted by Gasteiger charge is 2.22. The van der Waals surface area contributed by atoms with Gasteiger partial charge in [0.2, 0.25) is 5.91 Å². The molecule has 0 N–H and O–H groups in total. The van der Waals surface area contributed by atoms with Crippen LogP contribution in [0.3, 0.4) is 0 Å². The summed E-state index contributed by atoms with van der Waals surface area (Å²) in [5, 5.41) is 0. The lowest BCUT2D eigenvalue weighted by molar-refractivity contribution is -0.128. The highest BCUT2D eigenvalue weighted by Crippen LogP contribution is 2.28. The summed E-state index contributed by atoms with van der Waals surface area (Å²) in [6.07, 6.45) is 0. The van der Waals surface area contributed by atoms with E-state index in [1.807, 2.05) is 23.1 Å². The van der Waals surface area contributed by atoms with Crippen LogP contribution in [-0.4, -0.2) is 49.8 Å². The third-order valence-corrected chi connectivity index (χ3v) is 5.58. The Hall–Kier alpha value is -2.14. The van der Waals surface area contributed by atoms with Crippen LogP contribution >= 0.6 is 11.8 Å². The second-order valence-corrected chi connectivity index (χ2v) is 7.70. The molecule has 0 aromatic heterocycles. The smallest absolute Gasteiger partial charge is 0.233 e. The Morgan fingerprint density at radius 2 is 1.69 bits per heavy atom. The van der Waals surface area contributed by atoms with Gasteiger partial charge >= 0.3 is 0 Å². The van der Waals surface area contributed by atoms with Crippen molar-refractivity contribution in [2.45, 2.75) is 18.7 Å². The minimum absolute atomic E-state index is 0.217. The van der Waals surface area contributed by atoms with Crippen LogP contribution in [0.2, 0.25) is 0 Å². The van der Waals surface area contributed by atoms with Gasteiger partial charge in [-0.2, -0.15) is 0 Å². The van der Waals surface area contributed by atoms with Crippen molar-refractivity contribution in [2.24, 2.45) is 0 Å². The first kappa shape index (κ1) is 18.6. The van der Waals surface area contributed by atoms with Gasteiger partial charge in [0, 0.05) is 31.1 Å². The minimum Gasteiger partial charge on any atom is -0.495 e. The number of hydrogen-bond donors (Lipinski definition) is 0. The van der Waals surface area contributed by atoms with Crippen LogP contribution in [0.1, 0.15) is 11.1 Å². The second-order valence-electron chi connectivity index (χ2n) is 6.65. The van der Waals surface area contributed by atoms with Crippen molar-refractivity contribution in [1.82, 2.24) is 4.90 Å². The van der Waals surface area contributed by atoms with Gasteiger partial charge in [-0.25, -0.2) is 0 Å². The zero-order valence-corrected chi connectivity index (χ0v) is 16.5. The third kappa shape index (κ3) is 4.52. The first-order chi connectivity index (χ1) is 12.6. The molecule has 1 aliphatic rings. The molecule has 2 aromatic carbocycles. The number of carbonyl (C=O) groups is 1. The zero-order valence-electron chi connectivity index (χ0n) is 15.7. The van der Waals surface area contributed by atoms with Crippen LogP contribution in [0.5, 0.6) is 5.75 Å². The Bertz CT molecular complexity index is 750. The summed E-state index contributed by atoms with van der Waals surface area (Å²) in [5.74, 6) is 1.60. The van der Waals surface area contributed by atoms with E-state index in [4.69, 9.17) is 4.74 Å². The number of carbonyl (C=O) groups excluding carboxylic acids is 1. The van der Waals surface area contributed by atoms with Crippen LogP contribution in [0, 0.1) is 13.8 Å². The van der Waals surface area contributed by atoms with E-state index in [1.165, 1.54) is 16.0 Å². The molecule has 0 bridgehead atoms. The topological polar surface area (TPSA) is 32.8 Å². The highest BCUT2D eigenvalue weighted by atomic mass is 32.2. The number of nitrogens with zero attached hydrogens (tertiary/aromatic N) is 2. The number of ether oxygens (including phenoxy) is 1. The molecule has 138 valence electrons. The number of para-hydroxylation sites is 2. The van der Waals surface area contributed by atoms with Crippen LogP contribution < -0.4 is 9.64 Å². The Kier molecular flexibility index (Phi) is 6.09. The molecule has 26 heavy (non-hydrogen) atoms. The summed E-state index contributed by atoms with van der Waals surface area (Å²) >= 11 is 1.63. The van der Waals surface area contributed by atoms with Crippen molar-refractivity contribution in [3.63, 3.8) is 0 Å². The van der Waals surface area contributed by atoms with Crippen LogP contribution in [0.15, 0.2) is 47.4 Å². The molecular weight excluding hydrogens is 344 g/mol. The molecule has 0 unspecified atom stereocenters. The van der Waals surface area contributed by atoms with Gasteiger partial charge in [0.25, 0.3) is 0 Å². The molecular formula is C21H26N2O2S. The molecule has 0 radical (unpaired) electrons. The highest BCUT2D eigenvalue weighted by molar-refractivity contribution is 8.00. The van der Waals surface area contributed by atoms with Gasteiger partial charge in [0.15, 0.2) is 0 Å². The summed E-state index contributed by atoms with van der Waals surface area (Å²) in [4.78, 5) is 18.0. The fourth-order valence-electron chi connectivity index (χ4n) is 3.34. The Morgan fingerprint density at radius 1 is 1.04 bits per heavy atom. The largest absolute Gasteiger partial charge is 0.495 e. The molecule has 1 fully saturated rings. The molecule has 2 aromatic rings. The number of thioether (sulfide) groups is 1. The molecule has 0 atom stereocenters. The van der Waals surface area contributed by atoms with Gasteiger partial charge in [0.1, 0.15) is 5.75 Å². The first-order valence-corrected chi connectivity index (χ1v) is 9.92. The van der Waals surface area contributed by atoms with Crippen LogP contribution in [0.4, 0.5) is 5.69 Å². The van der Waals surface area contributed by atoms with Gasteiger partial charge in [-0.15, -0.1) is 11.8 Å². The maximum absolute atomic E-state index is 12.6. The van der Waals surface area contributed by atoms with Gasteiger partial charge in [0.05, 0.1) is 18.6 Å². The summed E-state index contributed by atoms with van der Waals surface area (Å²) in [6, 6.07) is 14.5. The van der Waals surface area contributed by atoms with E-state index in [-0.39, 0.29) is 5.91 Å². The zero-order chi connectivity index (χ0) is 18.5. The number of methoxy groups -OCH3 is 1. The summed E-state index contributed by atoms with van der Waals surface area (Å²) < 4.78 is 5.45. The lowest BCUT2D eigenvalue weighted by Crippen LogP contribution is -2.49. The van der Waals surface area contributed by atoms with E-state index in [0.29, 0.717) is 5.75 Å². The predicted octanol–water partition coefficient (Wildman–Crippen LogP) is 3.75. The summed E-state index contributed by atoms with van der Waals surface area (Å²) in [5.41, 5.74) is 3.59. The Balaban J connectivity index is 1.53. The van der Waals surface area contributed by atoms with Crippen molar-refractivity contribution in [3.05, 3.63) is 53.6 Å². The molecule has 3 rings (SSSR count). The normalized spacial score (nSPS) is 14.4. The van der Waals surface area contributed by atoms with Crippen molar-refractivity contribution in [1.29, 1.82) is 0 Å². The molecule has 1 saturated heterocycles. The van der Waals surface area contributed by atoms with Crippen LogP contribution in [0.25, 0.3) is 0 Å². The molecule has 0 aliphatic carbocycles. The average Bonchev–Trinajstić information content (AvgIpc) is 2.65. The molecule has 1 heterocycles. The van der Waals surface area contributed by atoms with E-state index < -0.39 is 0 Å². The van der Waals surface area contributed by atoms with Gasteiger partial charge in [-0.3, -0.25) is 4.79 Å². The second kappa shape index (κ2) is 8.49. The van der Waals surface area contributed by atoms with Crippen molar-refractivity contribution in [2.75, 3.05) is 43.9 Å². The fourth-order valence-corrected chi connectivity index (χ4v) is 4.35. The quantitative estimate of drug-likeness (QED) is 0.751. The SMILES string of the molecule is COc1ccccc1N1CCN(C(=O)CSc2cc(C)cc(C)c2)CC1. The third-order valence-electron chi connectivity index (χ3n) is 4.62. The number of anilines is 1. The number of rotatable bonds is 5. The standard InChI is InChI=1S/C21H26N2O2S/c1-16-12-17(2)14-18(13-16)26-15-21(24)23-10-8-22(9-11-23)19-6-4-5-7-20(19)25-3/h4-7,12-14H,8-11,15H2,1-3H3. The number of aryl methyl sites for hydroxylation is 2. The first-order valence-electron chi connectivity index (χ1n) is 8.93. The average molecular weight is 371 g/mol. The van der Waals surface area contributed by atoms with Crippen LogP contribution in [-0.2, 0) is 4.79 Å². The number of benzene rings is 2. The van der Waals surface area contributed by atoms with E-state index >= 15 is 0 Å². The Morgan fingerprint density at radius 3 is 2.35 bits per heavy atom. The molecule has 1 aliphatic heterocycles. The minimum atomic E-state index is 0.217. The van der Waals surface area contributed by atoms with Gasteiger partial charge < -0.3 is 14.5 Å². The Labute approximate surface area is 160 Å². The van der Waals surface area contributed by atoms with Gasteiger partial charge in [-0.1, -0.05) is 18.2 Å². The molecule has 5 heteroatoms. The van der Waals surface area contributed by atoms with E-state index in [1.54, 1.807) is 18.9 Å². The lowest BCUT2D eigenvalue weighted by Gasteiger charge is -2.36.